The second-order valence-corrected chi connectivity index (χ2v) is 4.51. The van der Waals surface area contributed by atoms with Gasteiger partial charge >= 0.3 is 5.97 Å². The zero-order chi connectivity index (χ0) is 13.7. The summed E-state index contributed by atoms with van der Waals surface area (Å²) >= 11 is 0. The lowest BCUT2D eigenvalue weighted by atomic mass is 9.95. The summed E-state index contributed by atoms with van der Waals surface area (Å²) in [6, 6.07) is 4.10. The maximum atomic E-state index is 13.7. The van der Waals surface area contributed by atoms with Gasteiger partial charge < -0.3 is 10.4 Å². The van der Waals surface area contributed by atoms with E-state index in [2.05, 4.69) is 19.2 Å². The number of nitrogens with one attached hydrogen (secondary N) is 1. The maximum Gasteiger partial charge on any atom is 0.335 e. The van der Waals surface area contributed by atoms with Gasteiger partial charge in [-0.05, 0) is 31.0 Å². The van der Waals surface area contributed by atoms with E-state index in [4.69, 9.17) is 5.11 Å². The topological polar surface area (TPSA) is 49.3 Å². The number of carboxylic acid groups (broad SMARTS) is 1. The first-order valence-electron chi connectivity index (χ1n) is 6.28. The molecule has 100 valence electrons. The van der Waals surface area contributed by atoms with Crippen LogP contribution in [0.5, 0.6) is 0 Å². The number of carbonyl (C=O) groups is 1. The van der Waals surface area contributed by atoms with Crippen molar-refractivity contribution in [1.29, 1.82) is 0 Å². The van der Waals surface area contributed by atoms with E-state index in [9.17, 15) is 9.18 Å². The first-order valence-corrected chi connectivity index (χ1v) is 6.28. The molecule has 4 heteroatoms. The van der Waals surface area contributed by atoms with E-state index in [1.54, 1.807) is 0 Å². The van der Waals surface area contributed by atoms with Gasteiger partial charge in [0.2, 0.25) is 0 Å². The minimum absolute atomic E-state index is 0.0340. The highest BCUT2D eigenvalue weighted by atomic mass is 19.1. The quantitative estimate of drug-likeness (QED) is 0.811. The summed E-state index contributed by atoms with van der Waals surface area (Å²) in [6.07, 6.45) is 2.05. The van der Waals surface area contributed by atoms with E-state index < -0.39 is 11.8 Å². The molecule has 0 radical (unpaired) electrons. The van der Waals surface area contributed by atoms with Gasteiger partial charge in [-0.3, -0.25) is 0 Å². The minimum atomic E-state index is -1.12. The predicted octanol–water partition coefficient (Wildman–Crippen LogP) is 3.76. The minimum Gasteiger partial charge on any atom is -0.478 e. The number of aromatic carboxylic acids is 1. The van der Waals surface area contributed by atoms with E-state index >= 15 is 0 Å². The fourth-order valence-electron chi connectivity index (χ4n) is 2.12. The molecule has 0 aliphatic rings. The monoisotopic (exact) mass is 253 g/mol. The normalized spacial score (nSPS) is 12.5. The van der Waals surface area contributed by atoms with Crippen molar-refractivity contribution in [1.82, 2.24) is 0 Å². The van der Waals surface area contributed by atoms with Crippen LogP contribution in [-0.2, 0) is 0 Å². The summed E-state index contributed by atoms with van der Waals surface area (Å²) in [7, 11) is 0. The highest BCUT2D eigenvalue weighted by Crippen LogP contribution is 2.21. The second kappa shape index (κ2) is 6.38. The Morgan fingerprint density at radius 2 is 2.00 bits per heavy atom. The van der Waals surface area contributed by atoms with Gasteiger partial charge in [-0.1, -0.05) is 26.7 Å². The van der Waals surface area contributed by atoms with Crippen molar-refractivity contribution in [2.24, 2.45) is 5.92 Å². The molecule has 0 spiro atoms. The van der Waals surface area contributed by atoms with E-state index in [-0.39, 0.29) is 11.6 Å². The van der Waals surface area contributed by atoms with Crippen LogP contribution in [0.15, 0.2) is 18.2 Å². The number of hydrogen-bond donors (Lipinski definition) is 2. The number of anilines is 1. The summed E-state index contributed by atoms with van der Waals surface area (Å²) in [5, 5.41) is 11.9. The smallest absolute Gasteiger partial charge is 0.335 e. The van der Waals surface area contributed by atoms with Crippen molar-refractivity contribution >= 4 is 11.7 Å². The SMILES string of the molecule is CCC(CC)C(C)Nc1ccc(C(=O)O)cc1F. The van der Waals surface area contributed by atoms with E-state index in [1.807, 2.05) is 6.92 Å². The standard InChI is InChI=1S/C14H20FNO2/c1-4-10(5-2)9(3)16-13-7-6-11(14(17)18)8-12(13)15/h6-10,16H,4-5H2,1-3H3,(H,17,18). The van der Waals surface area contributed by atoms with Gasteiger partial charge in [-0.2, -0.15) is 0 Å². The zero-order valence-electron chi connectivity index (χ0n) is 11.0. The summed E-state index contributed by atoms with van der Waals surface area (Å²) in [5.41, 5.74) is 0.327. The van der Waals surface area contributed by atoms with Crippen LogP contribution in [-0.4, -0.2) is 17.1 Å². The van der Waals surface area contributed by atoms with Crippen LogP contribution in [0.25, 0.3) is 0 Å². The fraction of sp³-hybridized carbons (Fsp3) is 0.500. The third-order valence-corrected chi connectivity index (χ3v) is 3.36. The Hall–Kier alpha value is -1.58. The van der Waals surface area contributed by atoms with Gasteiger partial charge in [0.25, 0.3) is 0 Å². The maximum absolute atomic E-state index is 13.7. The Morgan fingerprint density at radius 3 is 2.44 bits per heavy atom. The molecular formula is C14H20FNO2. The van der Waals surface area contributed by atoms with Crippen molar-refractivity contribution < 1.29 is 14.3 Å². The van der Waals surface area contributed by atoms with Gasteiger partial charge in [0, 0.05) is 6.04 Å². The summed E-state index contributed by atoms with van der Waals surface area (Å²) in [6.45, 7) is 6.23. The lowest BCUT2D eigenvalue weighted by Crippen LogP contribution is -2.25. The van der Waals surface area contributed by atoms with E-state index in [0.717, 1.165) is 18.9 Å². The Morgan fingerprint density at radius 1 is 1.39 bits per heavy atom. The van der Waals surface area contributed by atoms with Crippen LogP contribution in [0.4, 0.5) is 10.1 Å². The molecule has 0 saturated carbocycles. The van der Waals surface area contributed by atoms with Crippen LogP contribution >= 0.6 is 0 Å². The molecule has 0 saturated heterocycles. The van der Waals surface area contributed by atoms with Crippen molar-refractivity contribution in [3.8, 4) is 0 Å². The van der Waals surface area contributed by atoms with Crippen LogP contribution < -0.4 is 5.32 Å². The molecule has 1 unspecified atom stereocenters. The summed E-state index contributed by atoms with van der Waals surface area (Å²) in [4.78, 5) is 10.7. The molecule has 1 aromatic rings. The highest BCUT2D eigenvalue weighted by molar-refractivity contribution is 5.88. The van der Waals surface area contributed by atoms with Crippen molar-refractivity contribution in [2.45, 2.75) is 39.7 Å². The molecule has 0 heterocycles. The molecule has 1 aromatic carbocycles. The van der Waals surface area contributed by atoms with Crippen LogP contribution in [0, 0.1) is 11.7 Å². The second-order valence-electron chi connectivity index (χ2n) is 4.51. The van der Waals surface area contributed by atoms with E-state index in [1.165, 1.54) is 12.1 Å². The average Bonchev–Trinajstić information content (AvgIpc) is 2.33. The predicted molar refractivity (Wildman–Crippen MR) is 70.5 cm³/mol. The van der Waals surface area contributed by atoms with Crippen LogP contribution in [0.1, 0.15) is 44.0 Å². The Balaban J connectivity index is 2.82. The lowest BCUT2D eigenvalue weighted by molar-refractivity contribution is 0.0696. The first kappa shape index (κ1) is 14.5. The highest BCUT2D eigenvalue weighted by Gasteiger charge is 2.15. The molecule has 3 nitrogen and oxygen atoms in total. The third-order valence-electron chi connectivity index (χ3n) is 3.36. The van der Waals surface area contributed by atoms with Gasteiger partial charge in [0.1, 0.15) is 5.82 Å². The largest absolute Gasteiger partial charge is 0.478 e. The number of benzene rings is 1. The Kier molecular flexibility index (Phi) is 5.13. The number of rotatable bonds is 6. The fourth-order valence-corrected chi connectivity index (χ4v) is 2.12. The summed E-state index contributed by atoms with van der Waals surface area (Å²) in [5.74, 6) is -1.16. The molecule has 18 heavy (non-hydrogen) atoms. The Labute approximate surface area is 107 Å². The Bertz CT molecular complexity index is 416. The van der Waals surface area contributed by atoms with Gasteiger partial charge in [-0.25, -0.2) is 9.18 Å². The average molecular weight is 253 g/mol. The van der Waals surface area contributed by atoms with Gasteiger partial charge in [0.15, 0.2) is 0 Å². The number of carboxylic acids is 1. The number of hydrogen-bond acceptors (Lipinski definition) is 2. The van der Waals surface area contributed by atoms with Crippen LogP contribution in [0.3, 0.4) is 0 Å². The van der Waals surface area contributed by atoms with Gasteiger partial charge in [-0.15, -0.1) is 0 Å². The van der Waals surface area contributed by atoms with Crippen LogP contribution in [0.2, 0.25) is 0 Å². The molecule has 0 amide bonds. The molecule has 1 atom stereocenters. The molecule has 0 aliphatic carbocycles. The van der Waals surface area contributed by atoms with Gasteiger partial charge in [0.05, 0.1) is 11.3 Å². The summed E-state index contributed by atoms with van der Waals surface area (Å²) < 4.78 is 13.7. The molecule has 0 aliphatic heterocycles. The van der Waals surface area contributed by atoms with Crippen molar-refractivity contribution in [3.05, 3.63) is 29.6 Å². The lowest BCUT2D eigenvalue weighted by Gasteiger charge is -2.23. The van der Waals surface area contributed by atoms with Crippen molar-refractivity contribution in [2.75, 3.05) is 5.32 Å². The molecule has 2 N–H and O–H groups in total. The molecule has 1 rings (SSSR count). The third kappa shape index (κ3) is 3.45. The zero-order valence-corrected chi connectivity index (χ0v) is 11.0. The molecular weight excluding hydrogens is 233 g/mol. The van der Waals surface area contributed by atoms with E-state index in [0.29, 0.717) is 11.6 Å². The molecule has 0 aromatic heterocycles. The molecule has 0 fully saturated rings. The number of halogens is 1. The molecule has 0 bridgehead atoms. The van der Waals surface area contributed by atoms with Crippen molar-refractivity contribution in [3.63, 3.8) is 0 Å². The first-order chi connectivity index (χ1) is 8.49.